The molecule has 3 rings (SSSR count). The molecule has 1 N–H and O–H groups in total. The molecule has 0 aliphatic carbocycles. The van der Waals surface area contributed by atoms with Crippen LogP contribution in [0.3, 0.4) is 0 Å². The Morgan fingerprint density at radius 2 is 2.04 bits per heavy atom. The van der Waals surface area contributed by atoms with Gasteiger partial charge in [0.1, 0.15) is 11.6 Å². The summed E-state index contributed by atoms with van der Waals surface area (Å²) in [5.74, 6) is 0.381. The highest BCUT2D eigenvalue weighted by molar-refractivity contribution is 5.91. The highest BCUT2D eigenvalue weighted by Gasteiger charge is 2.09. The third-order valence-electron chi connectivity index (χ3n) is 3.75. The van der Waals surface area contributed by atoms with E-state index in [1.807, 2.05) is 25.1 Å². The molecule has 6 heteroatoms. The van der Waals surface area contributed by atoms with Gasteiger partial charge in [0, 0.05) is 18.5 Å². The fourth-order valence-corrected chi connectivity index (χ4v) is 2.43. The van der Waals surface area contributed by atoms with E-state index in [1.54, 1.807) is 36.7 Å². The molecule has 27 heavy (non-hydrogen) atoms. The molecular weight excluding hydrogens is 345 g/mol. The number of rotatable bonds is 6. The standard InChI is InChI=1S/C21H18FN3O2/c1-15(25-20(26)9-8-16-4-2-6-18(22)12-16)17-5-3-7-19(13-17)27-21-14-23-10-11-24-21/h2-15H,1H3,(H,25,26)/b9-8+. The summed E-state index contributed by atoms with van der Waals surface area (Å²) in [5.41, 5.74) is 1.50. The molecule has 0 aliphatic rings. The predicted molar refractivity (Wildman–Crippen MR) is 101 cm³/mol. The highest BCUT2D eigenvalue weighted by Crippen LogP contribution is 2.22. The number of hydrogen-bond acceptors (Lipinski definition) is 4. The van der Waals surface area contributed by atoms with Crippen LogP contribution < -0.4 is 10.1 Å². The summed E-state index contributed by atoms with van der Waals surface area (Å²) >= 11 is 0. The molecule has 2 aromatic carbocycles. The Labute approximate surface area is 156 Å². The zero-order valence-electron chi connectivity index (χ0n) is 14.7. The van der Waals surface area contributed by atoms with E-state index in [-0.39, 0.29) is 17.8 Å². The van der Waals surface area contributed by atoms with Gasteiger partial charge >= 0.3 is 0 Å². The zero-order chi connectivity index (χ0) is 19.1. The molecule has 1 unspecified atom stereocenters. The lowest BCUT2D eigenvalue weighted by atomic mass is 10.1. The van der Waals surface area contributed by atoms with Gasteiger partial charge in [-0.15, -0.1) is 0 Å². The second kappa shape index (κ2) is 8.71. The number of carbonyl (C=O) groups is 1. The van der Waals surface area contributed by atoms with E-state index >= 15 is 0 Å². The first-order chi connectivity index (χ1) is 13.1. The third kappa shape index (κ3) is 5.47. The number of hydrogen-bond donors (Lipinski definition) is 1. The molecule has 1 amide bonds. The molecule has 0 aliphatic heterocycles. The average molecular weight is 363 g/mol. The van der Waals surface area contributed by atoms with Gasteiger partial charge < -0.3 is 10.1 Å². The Balaban J connectivity index is 1.62. The average Bonchev–Trinajstić information content (AvgIpc) is 2.67. The molecule has 1 heterocycles. The monoisotopic (exact) mass is 363 g/mol. The largest absolute Gasteiger partial charge is 0.437 e. The smallest absolute Gasteiger partial charge is 0.244 e. The van der Waals surface area contributed by atoms with Gasteiger partial charge in [-0.1, -0.05) is 24.3 Å². The SMILES string of the molecule is CC(NC(=O)/C=C/c1cccc(F)c1)c1cccc(Oc2cnccn2)c1. The van der Waals surface area contributed by atoms with Crippen molar-refractivity contribution in [1.82, 2.24) is 15.3 Å². The van der Waals surface area contributed by atoms with Crippen LogP contribution in [0.1, 0.15) is 24.1 Å². The van der Waals surface area contributed by atoms with Gasteiger partial charge in [0.05, 0.1) is 12.2 Å². The molecule has 3 aromatic rings. The van der Waals surface area contributed by atoms with Crippen LogP contribution in [0.25, 0.3) is 6.08 Å². The Kier molecular flexibility index (Phi) is 5.89. The van der Waals surface area contributed by atoms with E-state index in [0.717, 1.165) is 5.56 Å². The number of nitrogens with zero attached hydrogens (tertiary/aromatic N) is 2. The Morgan fingerprint density at radius 3 is 2.81 bits per heavy atom. The first-order valence-electron chi connectivity index (χ1n) is 8.38. The summed E-state index contributed by atoms with van der Waals surface area (Å²) in [6.45, 7) is 1.87. The van der Waals surface area contributed by atoms with Gasteiger partial charge in [0.25, 0.3) is 0 Å². The van der Waals surface area contributed by atoms with Crippen LogP contribution >= 0.6 is 0 Å². The van der Waals surface area contributed by atoms with Crippen molar-refractivity contribution >= 4 is 12.0 Å². The molecular formula is C21H18FN3O2. The summed E-state index contributed by atoms with van der Waals surface area (Å²) in [5, 5.41) is 2.87. The van der Waals surface area contributed by atoms with Crippen LogP contribution in [0.15, 0.2) is 73.2 Å². The molecule has 0 fully saturated rings. The topological polar surface area (TPSA) is 64.1 Å². The van der Waals surface area contributed by atoms with Crippen molar-refractivity contribution in [2.45, 2.75) is 13.0 Å². The lowest BCUT2D eigenvalue weighted by molar-refractivity contribution is -0.117. The van der Waals surface area contributed by atoms with E-state index in [0.29, 0.717) is 17.2 Å². The zero-order valence-corrected chi connectivity index (χ0v) is 14.7. The maximum absolute atomic E-state index is 13.2. The molecule has 0 bridgehead atoms. The highest BCUT2D eigenvalue weighted by atomic mass is 19.1. The van der Waals surface area contributed by atoms with Crippen LogP contribution in [0, 0.1) is 5.82 Å². The van der Waals surface area contributed by atoms with Crippen molar-refractivity contribution in [2.24, 2.45) is 0 Å². The summed E-state index contributed by atoms with van der Waals surface area (Å²) in [6.07, 6.45) is 7.59. The van der Waals surface area contributed by atoms with Gasteiger partial charge in [-0.05, 0) is 48.4 Å². The predicted octanol–water partition coefficient (Wildman–Crippen LogP) is 4.30. The Morgan fingerprint density at radius 1 is 1.19 bits per heavy atom. The van der Waals surface area contributed by atoms with Crippen molar-refractivity contribution in [3.8, 4) is 11.6 Å². The van der Waals surface area contributed by atoms with Crippen molar-refractivity contribution in [3.63, 3.8) is 0 Å². The number of carbonyl (C=O) groups excluding carboxylic acids is 1. The Hall–Kier alpha value is -3.54. The number of aromatic nitrogens is 2. The van der Waals surface area contributed by atoms with Crippen molar-refractivity contribution in [3.05, 3.63) is 90.1 Å². The minimum absolute atomic E-state index is 0.236. The molecule has 0 saturated heterocycles. The van der Waals surface area contributed by atoms with E-state index < -0.39 is 0 Å². The van der Waals surface area contributed by atoms with E-state index in [1.165, 1.54) is 24.4 Å². The molecule has 0 saturated carbocycles. The normalized spacial score (nSPS) is 11.9. The summed E-state index contributed by atoms with van der Waals surface area (Å²) in [4.78, 5) is 20.1. The Bertz CT molecular complexity index is 945. The first-order valence-corrected chi connectivity index (χ1v) is 8.38. The summed E-state index contributed by atoms with van der Waals surface area (Å²) in [7, 11) is 0. The van der Waals surface area contributed by atoms with Crippen molar-refractivity contribution in [1.29, 1.82) is 0 Å². The lowest BCUT2D eigenvalue weighted by Crippen LogP contribution is -2.24. The van der Waals surface area contributed by atoms with Crippen LogP contribution in [0.5, 0.6) is 11.6 Å². The first kappa shape index (κ1) is 18.3. The summed E-state index contributed by atoms with van der Waals surface area (Å²) in [6, 6.07) is 13.2. The molecule has 136 valence electrons. The third-order valence-corrected chi connectivity index (χ3v) is 3.75. The minimum Gasteiger partial charge on any atom is -0.437 e. The van der Waals surface area contributed by atoms with Gasteiger partial charge in [0.15, 0.2) is 0 Å². The number of halogens is 1. The minimum atomic E-state index is -0.342. The number of nitrogens with one attached hydrogen (secondary N) is 1. The van der Waals surface area contributed by atoms with Crippen LogP contribution in [0.2, 0.25) is 0 Å². The fraction of sp³-hybridized carbons (Fsp3) is 0.0952. The number of benzene rings is 2. The molecule has 0 radical (unpaired) electrons. The quantitative estimate of drug-likeness (QED) is 0.663. The second-order valence-corrected chi connectivity index (χ2v) is 5.84. The summed E-state index contributed by atoms with van der Waals surface area (Å²) < 4.78 is 18.8. The maximum Gasteiger partial charge on any atom is 0.244 e. The van der Waals surface area contributed by atoms with Crippen molar-refractivity contribution in [2.75, 3.05) is 0 Å². The molecule has 1 aromatic heterocycles. The van der Waals surface area contributed by atoms with Crippen LogP contribution in [-0.2, 0) is 4.79 Å². The van der Waals surface area contributed by atoms with Gasteiger partial charge in [0.2, 0.25) is 11.8 Å². The number of ether oxygens (including phenoxy) is 1. The van der Waals surface area contributed by atoms with Gasteiger partial charge in [-0.25, -0.2) is 9.37 Å². The van der Waals surface area contributed by atoms with Crippen molar-refractivity contribution < 1.29 is 13.9 Å². The lowest BCUT2D eigenvalue weighted by Gasteiger charge is -2.14. The molecule has 5 nitrogen and oxygen atoms in total. The van der Waals surface area contributed by atoms with E-state index in [2.05, 4.69) is 15.3 Å². The maximum atomic E-state index is 13.2. The fourth-order valence-electron chi connectivity index (χ4n) is 2.43. The molecule has 0 spiro atoms. The van der Waals surface area contributed by atoms with Gasteiger partial charge in [-0.2, -0.15) is 0 Å². The van der Waals surface area contributed by atoms with E-state index in [9.17, 15) is 9.18 Å². The van der Waals surface area contributed by atoms with Gasteiger partial charge in [-0.3, -0.25) is 9.78 Å². The second-order valence-electron chi connectivity index (χ2n) is 5.84. The van der Waals surface area contributed by atoms with E-state index in [4.69, 9.17) is 4.74 Å². The van der Waals surface area contributed by atoms with Crippen LogP contribution in [0.4, 0.5) is 4.39 Å². The molecule has 1 atom stereocenters. The van der Waals surface area contributed by atoms with Crippen LogP contribution in [-0.4, -0.2) is 15.9 Å². The number of amides is 1.